The van der Waals surface area contributed by atoms with E-state index in [4.69, 9.17) is 17.0 Å². The van der Waals surface area contributed by atoms with Gasteiger partial charge in [-0.15, -0.1) is 0 Å². The molecule has 0 aromatic heterocycles. The molecule has 2 rings (SSSR count). The van der Waals surface area contributed by atoms with Crippen LogP contribution in [0.5, 0.6) is 0 Å². The van der Waals surface area contributed by atoms with Gasteiger partial charge in [-0.1, -0.05) is 24.6 Å². The third-order valence-corrected chi connectivity index (χ3v) is 3.61. The molecule has 1 aromatic rings. The van der Waals surface area contributed by atoms with E-state index >= 15 is 0 Å². The molecule has 17 heavy (non-hydrogen) atoms. The number of hydrogen-bond acceptors (Lipinski definition) is 2. The van der Waals surface area contributed by atoms with Crippen molar-refractivity contribution < 1.29 is 0 Å². The van der Waals surface area contributed by atoms with Gasteiger partial charge in [-0.25, -0.2) is 0 Å². The maximum Gasteiger partial charge on any atom is 0.0854 e. The van der Waals surface area contributed by atoms with E-state index in [9.17, 15) is 0 Å². The van der Waals surface area contributed by atoms with E-state index in [1.807, 2.05) is 12.1 Å². The van der Waals surface area contributed by atoms with E-state index in [1.54, 1.807) is 7.05 Å². The Balaban J connectivity index is 2.61. The van der Waals surface area contributed by atoms with Crippen molar-refractivity contribution >= 4 is 23.0 Å². The van der Waals surface area contributed by atoms with Crippen LogP contribution in [0.25, 0.3) is 0 Å². The van der Waals surface area contributed by atoms with Gasteiger partial charge in [0, 0.05) is 17.6 Å². The van der Waals surface area contributed by atoms with Crippen LogP contribution in [0.15, 0.2) is 23.2 Å². The SMILES string of the molecule is CN=C1C(=N)CCCC(C)c2ccc(Cl)cc21. The summed E-state index contributed by atoms with van der Waals surface area (Å²) in [6.07, 6.45) is 2.98. The summed E-state index contributed by atoms with van der Waals surface area (Å²) in [5, 5.41) is 8.79. The molecule has 0 bridgehead atoms. The van der Waals surface area contributed by atoms with Gasteiger partial charge in [0.05, 0.1) is 11.4 Å². The van der Waals surface area contributed by atoms with Gasteiger partial charge in [0.15, 0.2) is 0 Å². The van der Waals surface area contributed by atoms with Crippen LogP contribution >= 0.6 is 11.6 Å². The maximum atomic E-state index is 8.08. The Labute approximate surface area is 107 Å². The summed E-state index contributed by atoms with van der Waals surface area (Å²) in [5.41, 5.74) is 3.73. The Morgan fingerprint density at radius 2 is 2.18 bits per heavy atom. The molecule has 0 radical (unpaired) electrons. The second kappa shape index (κ2) is 5.01. The molecular formula is C14H17ClN2. The zero-order chi connectivity index (χ0) is 12.4. The highest BCUT2D eigenvalue weighted by atomic mass is 35.5. The summed E-state index contributed by atoms with van der Waals surface area (Å²) in [7, 11) is 1.75. The lowest BCUT2D eigenvalue weighted by Crippen LogP contribution is -2.20. The van der Waals surface area contributed by atoms with Crippen LogP contribution in [-0.2, 0) is 0 Å². The first-order valence-electron chi connectivity index (χ1n) is 5.98. The second-order valence-electron chi connectivity index (χ2n) is 4.58. The number of hydrogen-bond donors (Lipinski definition) is 1. The average molecular weight is 249 g/mol. The Bertz CT molecular complexity index is 477. The van der Waals surface area contributed by atoms with E-state index in [-0.39, 0.29) is 0 Å². The van der Waals surface area contributed by atoms with Crippen molar-refractivity contribution in [3.63, 3.8) is 0 Å². The van der Waals surface area contributed by atoms with Gasteiger partial charge >= 0.3 is 0 Å². The highest BCUT2D eigenvalue weighted by molar-refractivity contribution is 6.48. The standard InChI is InChI=1S/C14H17ClN2/c1-9-4-3-5-13(16)14(17-2)12-8-10(15)6-7-11(9)12/h6-9,16H,3-5H2,1-2H3. The van der Waals surface area contributed by atoms with E-state index in [2.05, 4.69) is 18.0 Å². The van der Waals surface area contributed by atoms with Gasteiger partial charge in [0.25, 0.3) is 0 Å². The topological polar surface area (TPSA) is 36.2 Å². The van der Waals surface area contributed by atoms with Crippen molar-refractivity contribution in [3.05, 3.63) is 34.3 Å². The van der Waals surface area contributed by atoms with Gasteiger partial charge in [0.2, 0.25) is 0 Å². The lowest BCUT2D eigenvalue weighted by Gasteiger charge is -2.21. The summed E-state index contributed by atoms with van der Waals surface area (Å²) >= 11 is 6.06. The number of nitrogens with one attached hydrogen (secondary N) is 1. The molecule has 0 aliphatic heterocycles. The maximum absolute atomic E-state index is 8.08. The van der Waals surface area contributed by atoms with E-state index in [0.29, 0.717) is 16.7 Å². The number of halogens is 1. The summed E-state index contributed by atoms with van der Waals surface area (Å²) in [5.74, 6) is 0.507. The quantitative estimate of drug-likeness (QED) is 0.719. The van der Waals surface area contributed by atoms with E-state index < -0.39 is 0 Å². The molecule has 1 atom stereocenters. The molecule has 1 aliphatic carbocycles. The molecule has 0 spiro atoms. The first kappa shape index (κ1) is 12.3. The molecule has 1 aromatic carbocycles. The molecular weight excluding hydrogens is 232 g/mol. The Kier molecular flexibility index (Phi) is 3.63. The highest BCUT2D eigenvalue weighted by Gasteiger charge is 2.20. The monoisotopic (exact) mass is 248 g/mol. The van der Waals surface area contributed by atoms with Crippen LogP contribution in [0.2, 0.25) is 5.02 Å². The molecule has 1 N–H and O–H groups in total. The van der Waals surface area contributed by atoms with Gasteiger partial charge in [-0.05, 0) is 42.9 Å². The minimum Gasteiger partial charge on any atom is -0.303 e. The molecule has 90 valence electrons. The van der Waals surface area contributed by atoms with E-state index in [0.717, 1.165) is 30.5 Å². The van der Waals surface area contributed by atoms with Crippen LogP contribution in [-0.4, -0.2) is 18.5 Å². The Morgan fingerprint density at radius 1 is 1.41 bits per heavy atom. The van der Waals surface area contributed by atoms with Crippen LogP contribution < -0.4 is 0 Å². The molecule has 0 amide bonds. The molecule has 1 aliphatic rings. The Hall–Kier alpha value is -1.15. The van der Waals surface area contributed by atoms with Crippen molar-refractivity contribution in [3.8, 4) is 0 Å². The van der Waals surface area contributed by atoms with Crippen molar-refractivity contribution in [1.82, 2.24) is 0 Å². The molecule has 0 saturated carbocycles. The summed E-state index contributed by atoms with van der Waals surface area (Å²) < 4.78 is 0. The summed E-state index contributed by atoms with van der Waals surface area (Å²) in [4.78, 5) is 4.28. The molecule has 0 fully saturated rings. The average Bonchev–Trinajstić information content (AvgIpc) is 2.28. The smallest absolute Gasteiger partial charge is 0.0854 e. The lowest BCUT2D eigenvalue weighted by molar-refractivity contribution is 0.644. The minimum absolute atomic E-state index is 0.507. The number of rotatable bonds is 0. The number of fused-ring (bicyclic) bond motifs is 1. The number of aliphatic imine (C=N–C) groups is 1. The Morgan fingerprint density at radius 3 is 2.88 bits per heavy atom. The van der Waals surface area contributed by atoms with Crippen LogP contribution in [0.4, 0.5) is 0 Å². The van der Waals surface area contributed by atoms with Crippen molar-refractivity contribution in [2.75, 3.05) is 7.05 Å². The van der Waals surface area contributed by atoms with Crippen molar-refractivity contribution in [1.29, 1.82) is 5.41 Å². The normalized spacial score (nSPS) is 23.1. The minimum atomic E-state index is 0.507. The zero-order valence-electron chi connectivity index (χ0n) is 10.3. The third-order valence-electron chi connectivity index (χ3n) is 3.37. The van der Waals surface area contributed by atoms with Crippen molar-refractivity contribution in [2.45, 2.75) is 32.1 Å². The fourth-order valence-electron chi connectivity index (χ4n) is 2.44. The summed E-state index contributed by atoms with van der Waals surface area (Å²) in [6, 6.07) is 5.94. The largest absolute Gasteiger partial charge is 0.303 e. The van der Waals surface area contributed by atoms with Gasteiger partial charge < -0.3 is 5.41 Å². The first-order chi connectivity index (χ1) is 8.13. The summed E-state index contributed by atoms with van der Waals surface area (Å²) in [6.45, 7) is 2.23. The predicted molar refractivity (Wildman–Crippen MR) is 73.9 cm³/mol. The number of nitrogens with zero attached hydrogens (tertiary/aromatic N) is 1. The number of benzene rings is 1. The second-order valence-corrected chi connectivity index (χ2v) is 5.01. The van der Waals surface area contributed by atoms with Gasteiger partial charge in [-0.3, -0.25) is 4.99 Å². The molecule has 0 heterocycles. The van der Waals surface area contributed by atoms with Crippen molar-refractivity contribution in [2.24, 2.45) is 4.99 Å². The zero-order valence-corrected chi connectivity index (χ0v) is 11.0. The molecule has 1 unspecified atom stereocenters. The van der Waals surface area contributed by atoms with Gasteiger partial charge in [0.1, 0.15) is 0 Å². The fourth-order valence-corrected chi connectivity index (χ4v) is 2.61. The van der Waals surface area contributed by atoms with Crippen LogP contribution in [0.1, 0.15) is 43.2 Å². The fraction of sp³-hybridized carbons (Fsp3) is 0.429. The molecule has 2 nitrogen and oxygen atoms in total. The molecule has 3 heteroatoms. The lowest BCUT2D eigenvalue weighted by atomic mass is 9.84. The third kappa shape index (κ3) is 2.42. The van der Waals surface area contributed by atoms with Crippen LogP contribution in [0.3, 0.4) is 0 Å². The van der Waals surface area contributed by atoms with Crippen LogP contribution in [0, 0.1) is 5.41 Å². The first-order valence-corrected chi connectivity index (χ1v) is 6.35. The predicted octanol–water partition coefficient (Wildman–Crippen LogP) is 4.07. The highest BCUT2D eigenvalue weighted by Crippen LogP contribution is 2.30. The molecule has 0 saturated heterocycles. The van der Waals surface area contributed by atoms with Gasteiger partial charge in [-0.2, -0.15) is 0 Å². The van der Waals surface area contributed by atoms with E-state index in [1.165, 1.54) is 5.56 Å².